The van der Waals surface area contributed by atoms with E-state index in [-0.39, 0.29) is 10.8 Å². The Hall–Kier alpha value is -2.61. The van der Waals surface area contributed by atoms with E-state index >= 15 is 0 Å². The molecule has 3 aromatic rings. The number of piperazine rings is 1. The summed E-state index contributed by atoms with van der Waals surface area (Å²) in [6.07, 6.45) is 0. The number of thiazole rings is 1. The molecule has 0 saturated carbocycles. The summed E-state index contributed by atoms with van der Waals surface area (Å²) in [7, 11) is 0. The lowest BCUT2D eigenvalue weighted by Crippen LogP contribution is -2.49. The van der Waals surface area contributed by atoms with Gasteiger partial charge in [0.25, 0.3) is 11.9 Å². The zero-order valence-electron chi connectivity index (χ0n) is 12.2. The molecule has 0 unspecified atom stereocenters. The van der Waals surface area contributed by atoms with Crippen LogP contribution in [-0.2, 0) is 0 Å². The third-order valence-electron chi connectivity index (χ3n) is 3.87. The van der Waals surface area contributed by atoms with Crippen molar-refractivity contribution in [2.75, 3.05) is 31.1 Å². The van der Waals surface area contributed by atoms with Crippen molar-refractivity contribution < 1.29 is 9.21 Å². The van der Waals surface area contributed by atoms with Gasteiger partial charge in [-0.25, -0.2) is 0 Å². The van der Waals surface area contributed by atoms with Gasteiger partial charge in [0.1, 0.15) is 11.2 Å². The van der Waals surface area contributed by atoms with Gasteiger partial charge < -0.3 is 19.2 Å². The molecule has 4 rings (SSSR count). The molecule has 0 spiro atoms. The minimum Gasteiger partial charge on any atom is -0.423 e. The summed E-state index contributed by atoms with van der Waals surface area (Å²) in [6.45, 7) is 2.42. The van der Waals surface area contributed by atoms with Gasteiger partial charge in [-0.05, 0) is 12.1 Å². The maximum absolute atomic E-state index is 12.3. The number of fused-ring (bicyclic) bond motifs is 1. The molecule has 2 aromatic heterocycles. The highest BCUT2D eigenvalue weighted by atomic mass is 32.1. The summed E-state index contributed by atoms with van der Waals surface area (Å²) in [5.74, 6) is -0.138. The second-order valence-electron chi connectivity index (χ2n) is 5.31. The van der Waals surface area contributed by atoms with Crippen molar-refractivity contribution in [2.24, 2.45) is 0 Å². The van der Waals surface area contributed by atoms with Crippen molar-refractivity contribution in [3.8, 4) is 0 Å². The molecule has 0 bridgehead atoms. The second-order valence-corrected chi connectivity index (χ2v) is 6.15. The van der Waals surface area contributed by atoms with Crippen LogP contribution >= 0.6 is 11.3 Å². The number of hydrogen-bond donors (Lipinski definition) is 1. The van der Waals surface area contributed by atoms with Crippen LogP contribution in [-0.4, -0.2) is 47.0 Å². The minimum atomic E-state index is -0.210. The number of oxazole rings is 1. The number of aromatic amines is 1. The van der Waals surface area contributed by atoms with E-state index in [9.17, 15) is 9.59 Å². The van der Waals surface area contributed by atoms with E-state index in [1.165, 1.54) is 0 Å². The molecule has 1 aliphatic rings. The first-order valence-corrected chi connectivity index (χ1v) is 8.16. The maximum Gasteiger partial charge on any atom is 0.305 e. The van der Waals surface area contributed by atoms with Gasteiger partial charge in [0, 0.05) is 31.6 Å². The first-order valence-electron chi connectivity index (χ1n) is 7.28. The number of aromatic nitrogens is 2. The van der Waals surface area contributed by atoms with Crippen LogP contribution in [0.15, 0.2) is 38.9 Å². The number of anilines is 1. The van der Waals surface area contributed by atoms with Crippen molar-refractivity contribution >= 4 is 34.4 Å². The average Bonchev–Trinajstić information content (AvgIpc) is 3.20. The molecule has 1 saturated heterocycles. The van der Waals surface area contributed by atoms with Gasteiger partial charge in [-0.15, -0.1) is 0 Å². The Morgan fingerprint density at radius 3 is 2.70 bits per heavy atom. The van der Waals surface area contributed by atoms with Crippen LogP contribution in [0.1, 0.15) is 10.5 Å². The van der Waals surface area contributed by atoms with Crippen LogP contribution in [0.3, 0.4) is 0 Å². The number of H-pyrrole nitrogens is 1. The lowest BCUT2D eigenvalue weighted by molar-refractivity contribution is 0.0740. The van der Waals surface area contributed by atoms with Crippen LogP contribution in [0, 0.1) is 0 Å². The molecule has 1 aromatic carbocycles. The minimum absolute atomic E-state index is 0.138. The second kappa shape index (κ2) is 5.54. The van der Waals surface area contributed by atoms with E-state index in [0.29, 0.717) is 37.9 Å². The standard InChI is InChI=1S/C15H14N4O3S/c20-13(11-9-23-15(21)17-11)18-5-7-19(8-6-18)14-16-10-3-1-2-4-12(10)22-14/h1-4,9H,5-8H2,(H,17,21). The molecule has 1 fully saturated rings. The SMILES string of the molecule is O=C(c1csc(=O)[nH]1)N1CCN(c2nc3ccccc3o2)CC1. The molecular weight excluding hydrogens is 316 g/mol. The first-order chi connectivity index (χ1) is 11.2. The fourth-order valence-electron chi connectivity index (χ4n) is 2.65. The molecule has 7 nitrogen and oxygen atoms in total. The lowest BCUT2D eigenvalue weighted by atomic mass is 10.3. The number of hydrogen-bond acceptors (Lipinski definition) is 6. The Bertz CT molecular complexity index is 871. The van der Waals surface area contributed by atoms with Crippen molar-refractivity contribution in [1.29, 1.82) is 0 Å². The summed E-state index contributed by atoms with van der Waals surface area (Å²) in [5.41, 5.74) is 1.95. The molecule has 8 heteroatoms. The van der Waals surface area contributed by atoms with Crippen LogP contribution in [0.2, 0.25) is 0 Å². The summed E-state index contributed by atoms with van der Waals surface area (Å²) in [6, 6.07) is 8.22. The molecule has 1 N–H and O–H groups in total. The van der Waals surface area contributed by atoms with Crippen LogP contribution < -0.4 is 9.77 Å². The van der Waals surface area contributed by atoms with Crippen molar-refractivity contribution in [1.82, 2.24) is 14.9 Å². The number of nitrogens with zero attached hydrogens (tertiary/aromatic N) is 3. The number of amides is 1. The summed E-state index contributed by atoms with van der Waals surface area (Å²) in [4.78, 5) is 34.1. The number of carbonyl (C=O) groups excluding carboxylic acids is 1. The highest BCUT2D eigenvalue weighted by Crippen LogP contribution is 2.22. The summed E-state index contributed by atoms with van der Waals surface area (Å²) < 4.78 is 5.76. The van der Waals surface area contributed by atoms with Gasteiger partial charge in [0.2, 0.25) is 0 Å². The van der Waals surface area contributed by atoms with Crippen LogP contribution in [0.25, 0.3) is 11.1 Å². The molecule has 1 aliphatic heterocycles. The largest absolute Gasteiger partial charge is 0.423 e. The van der Waals surface area contributed by atoms with Crippen molar-refractivity contribution in [3.63, 3.8) is 0 Å². The van der Waals surface area contributed by atoms with Crippen LogP contribution in [0.4, 0.5) is 6.01 Å². The highest BCUT2D eigenvalue weighted by Gasteiger charge is 2.25. The summed E-state index contributed by atoms with van der Waals surface area (Å²) >= 11 is 1.00. The van der Waals surface area contributed by atoms with E-state index < -0.39 is 0 Å². The van der Waals surface area contributed by atoms with E-state index in [0.717, 1.165) is 22.4 Å². The number of benzene rings is 1. The first kappa shape index (κ1) is 14.0. The highest BCUT2D eigenvalue weighted by molar-refractivity contribution is 7.07. The fourth-order valence-corrected chi connectivity index (χ4v) is 3.21. The Morgan fingerprint density at radius 2 is 2.00 bits per heavy atom. The zero-order chi connectivity index (χ0) is 15.8. The monoisotopic (exact) mass is 330 g/mol. The van der Waals surface area contributed by atoms with Gasteiger partial charge in [-0.1, -0.05) is 23.5 Å². The van der Waals surface area contributed by atoms with E-state index in [1.54, 1.807) is 10.3 Å². The van der Waals surface area contributed by atoms with Gasteiger partial charge in [0.05, 0.1) is 0 Å². The molecule has 118 valence electrons. The smallest absolute Gasteiger partial charge is 0.305 e. The van der Waals surface area contributed by atoms with Gasteiger partial charge >= 0.3 is 4.87 Å². The number of carbonyl (C=O) groups is 1. The normalized spacial score (nSPS) is 15.3. The molecule has 0 radical (unpaired) electrons. The molecular formula is C15H14N4O3S. The van der Waals surface area contributed by atoms with Gasteiger partial charge in [0.15, 0.2) is 5.58 Å². The fraction of sp³-hybridized carbons (Fsp3) is 0.267. The van der Waals surface area contributed by atoms with Crippen molar-refractivity contribution in [3.05, 3.63) is 45.0 Å². The molecule has 1 amide bonds. The Balaban J connectivity index is 1.46. The average molecular weight is 330 g/mol. The van der Waals surface area contributed by atoms with E-state index in [1.807, 2.05) is 29.2 Å². The van der Waals surface area contributed by atoms with E-state index in [4.69, 9.17) is 4.42 Å². The predicted molar refractivity (Wildman–Crippen MR) is 87.1 cm³/mol. The number of para-hydroxylation sites is 2. The third-order valence-corrected chi connectivity index (χ3v) is 4.54. The lowest BCUT2D eigenvalue weighted by Gasteiger charge is -2.33. The van der Waals surface area contributed by atoms with E-state index in [2.05, 4.69) is 9.97 Å². The quantitative estimate of drug-likeness (QED) is 0.771. The number of nitrogens with one attached hydrogen (secondary N) is 1. The Morgan fingerprint density at radius 1 is 1.22 bits per heavy atom. The molecule has 0 aliphatic carbocycles. The molecule has 3 heterocycles. The van der Waals surface area contributed by atoms with Gasteiger partial charge in [-0.2, -0.15) is 4.98 Å². The molecule has 0 atom stereocenters. The Kier molecular flexibility index (Phi) is 3.38. The topological polar surface area (TPSA) is 82.4 Å². The predicted octanol–water partition coefficient (Wildman–Crippen LogP) is 1.54. The number of rotatable bonds is 2. The van der Waals surface area contributed by atoms with Crippen molar-refractivity contribution in [2.45, 2.75) is 0 Å². The summed E-state index contributed by atoms with van der Waals surface area (Å²) in [5, 5.41) is 1.57. The van der Waals surface area contributed by atoms with Gasteiger partial charge in [-0.3, -0.25) is 9.59 Å². The third kappa shape index (κ3) is 2.61. The zero-order valence-corrected chi connectivity index (χ0v) is 13.0. The molecule has 23 heavy (non-hydrogen) atoms. The van der Waals surface area contributed by atoms with Crippen LogP contribution in [0.5, 0.6) is 0 Å². The Labute approximate surface area is 135 Å². The maximum atomic E-state index is 12.3.